The predicted molar refractivity (Wildman–Crippen MR) is 148 cm³/mol. The number of allylic oxidation sites excluding steroid dienone is 1. The molecule has 0 bridgehead atoms. The highest BCUT2D eigenvalue weighted by Gasteiger charge is 2.73. The summed E-state index contributed by atoms with van der Waals surface area (Å²) in [7, 11) is -4.25. The summed E-state index contributed by atoms with van der Waals surface area (Å²) in [6.07, 6.45) is -11.0. The van der Waals surface area contributed by atoms with Gasteiger partial charge in [-0.15, -0.1) is 0 Å². The lowest BCUT2D eigenvalue weighted by Gasteiger charge is -2.44. The normalized spacial score (nSPS) is 26.2. The van der Waals surface area contributed by atoms with Crippen molar-refractivity contribution < 1.29 is 49.1 Å². The SMILES string of the molecule is C=C(O)C1CCC(C(=O)N2CCC3(S(=O)(=O)Cc4ccccc4)c4ccc(C(F)(C(F)(F)F)C(F)(F)F)cc4CCC23)CC1. The zero-order chi connectivity index (χ0) is 32.3. The summed E-state index contributed by atoms with van der Waals surface area (Å²) in [6.45, 7) is 3.58. The summed E-state index contributed by atoms with van der Waals surface area (Å²) in [5.74, 6) is -1.29. The molecule has 3 aliphatic rings. The molecule has 2 aliphatic carbocycles. The number of aliphatic hydroxyl groups is 1. The lowest BCUT2D eigenvalue weighted by molar-refractivity contribution is -0.348. The second-order valence-corrected chi connectivity index (χ2v) is 14.3. The second kappa shape index (κ2) is 11.1. The third kappa shape index (κ3) is 5.08. The van der Waals surface area contributed by atoms with Crippen LogP contribution in [-0.2, 0) is 37.2 Å². The molecule has 0 aromatic heterocycles. The van der Waals surface area contributed by atoms with E-state index < -0.39 is 55.9 Å². The molecule has 2 aromatic rings. The molecule has 44 heavy (non-hydrogen) atoms. The van der Waals surface area contributed by atoms with Crippen LogP contribution < -0.4 is 0 Å². The monoisotopic (exact) mass is 647 g/mol. The van der Waals surface area contributed by atoms with Crippen LogP contribution in [0, 0.1) is 11.8 Å². The molecule has 1 saturated carbocycles. The number of halogens is 7. The average Bonchev–Trinajstić information content (AvgIpc) is 3.37. The zero-order valence-corrected chi connectivity index (χ0v) is 24.4. The Hall–Kier alpha value is -3.09. The van der Waals surface area contributed by atoms with Gasteiger partial charge >= 0.3 is 18.0 Å². The fraction of sp³-hybridized carbons (Fsp3) is 0.516. The number of hydrogen-bond acceptors (Lipinski definition) is 4. The summed E-state index contributed by atoms with van der Waals surface area (Å²) in [5, 5.41) is 9.76. The molecule has 0 radical (unpaired) electrons. The van der Waals surface area contributed by atoms with E-state index >= 15 is 4.39 Å². The van der Waals surface area contributed by atoms with Crippen molar-refractivity contribution in [2.45, 2.75) is 79.5 Å². The van der Waals surface area contributed by atoms with Gasteiger partial charge in [0.1, 0.15) is 4.75 Å². The van der Waals surface area contributed by atoms with Crippen molar-refractivity contribution in [3.05, 3.63) is 83.1 Å². The first-order valence-electron chi connectivity index (χ1n) is 14.3. The molecule has 2 unspecified atom stereocenters. The van der Waals surface area contributed by atoms with Gasteiger partial charge in [0.25, 0.3) is 0 Å². The number of carbonyl (C=O) groups excluding carboxylic acids is 1. The second-order valence-electron chi connectivity index (χ2n) is 12.0. The Balaban J connectivity index is 1.59. The number of likely N-dealkylation sites (tertiary alicyclic amines) is 1. The van der Waals surface area contributed by atoms with E-state index in [0.29, 0.717) is 43.4 Å². The Morgan fingerprint density at radius 1 is 0.909 bits per heavy atom. The minimum atomic E-state index is -6.31. The molecule has 1 saturated heterocycles. The third-order valence-electron chi connectivity index (χ3n) is 9.65. The fourth-order valence-corrected chi connectivity index (χ4v) is 9.88. The molecule has 0 spiro atoms. The Labute approximate surface area is 250 Å². The molecule has 1 heterocycles. The maximum absolute atomic E-state index is 15.0. The molecule has 2 atom stereocenters. The van der Waals surface area contributed by atoms with Gasteiger partial charge < -0.3 is 10.0 Å². The Morgan fingerprint density at radius 3 is 2.07 bits per heavy atom. The number of aryl methyl sites for hydroxylation is 1. The van der Waals surface area contributed by atoms with Crippen molar-refractivity contribution in [2.75, 3.05) is 6.54 Å². The van der Waals surface area contributed by atoms with Crippen LogP contribution >= 0.6 is 0 Å². The van der Waals surface area contributed by atoms with E-state index in [4.69, 9.17) is 0 Å². The quantitative estimate of drug-likeness (QED) is 0.266. The minimum absolute atomic E-state index is 0.00396. The number of amides is 1. The zero-order valence-electron chi connectivity index (χ0n) is 23.6. The van der Waals surface area contributed by atoms with Crippen molar-refractivity contribution >= 4 is 15.7 Å². The molecule has 1 N–H and O–H groups in total. The number of benzene rings is 2. The fourth-order valence-electron chi connectivity index (χ4n) is 7.40. The number of alkyl halides is 7. The van der Waals surface area contributed by atoms with E-state index in [1.807, 2.05) is 0 Å². The predicted octanol–water partition coefficient (Wildman–Crippen LogP) is 7.21. The highest BCUT2D eigenvalue weighted by Crippen LogP contribution is 2.56. The summed E-state index contributed by atoms with van der Waals surface area (Å²) in [5.41, 5.74) is -7.02. The van der Waals surface area contributed by atoms with Crippen LogP contribution in [0.15, 0.2) is 60.9 Å². The smallest absolute Gasteiger partial charge is 0.435 e. The van der Waals surface area contributed by atoms with Gasteiger partial charge in [-0.25, -0.2) is 12.8 Å². The van der Waals surface area contributed by atoms with Crippen LogP contribution in [0.25, 0.3) is 0 Å². The van der Waals surface area contributed by atoms with Crippen molar-refractivity contribution in [1.29, 1.82) is 0 Å². The number of fused-ring (bicyclic) bond motifs is 3. The Bertz CT molecular complexity index is 1520. The number of sulfone groups is 1. The van der Waals surface area contributed by atoms with Gasteiger partial charge in [0.2, 0.25) is 5.91 Å². The molecule has 13 heteroatoms. The highest BCUT2D eigenvalue weighted by molar-refractivity contribution is 7.91. The van der Waals surface area contributed by atoms with Crippen molar-refractivity contribution in [3.63, 3.8) is 0 Å². The number of rotatable bonds is 6. The van der Waals surface area contributed by atoms with Gasteiger partial charge in [0.05, 0.1) is 17.6 Å². The van der Waals surface area contributed by atoms with Gasteiger partial charge in [0.15, 0.2) is 9.84 Å². The first kappa shape index (κ1) is 32.3. The van der Waals surface area contributed by atoms with Crippen LogP contribution in [0.5, 0.6) is 0 Å². The van der Waals surface area contributed by atoms with Gasteiger partial charge in [0, 0.05) is 23.9 Å². The maximum atomic E-state index is 15.0. The summed E-state index contributed by atoms with van der Waals surface area (Å²) in [4.78, 5) is 15.3. The van der Waals surface area contributed by atoms with Gasteiger partial charge in [-0.1, -0.05) is 55.1 Å². The number of aliphatic hydroxyl groups excluding tert-OH is 1. The number of carbonyl (C=O) groups is 1. The third-order valence-corrected chi connectivity index (χ3v) is 12.2. The van der Waals surface area contributed by atoms with Crippen LogP contribution in [0.3, 0.4) is 0 Å². The summed E-state index contributed by atoms with van der Waals surface area (Å²) in [6, 6.07) is 8.95. The number of hydrogen-bond donors (Lipinski definition) is 1. The van der Waals surface area contributed by atoms with E-state index in [-0.39, 0.29) is 54.5 Å². The Kier molecular flexibility index (Phi) is 8.12. The van der Waals surface area contributed by atoms with Crippen molar-refractivity contribution in [3.8, 4) is 0 Å². The molecule has 1 aliphatic heterocycles. The van der Waals surface area contributed by atoms with Gasteiger partial charge in [-0.2, -0.15) is 26.3 Å². The largest absolute Gasteiger partial charge is 0.513 e. The molecule has 240 valence electrons. The molecular weight excluding hydrogens is 615 g/mol. The molecule has 1 amide bonds. The molecule has 5 rings (SSSR count). The molecule has 2 aromatic carbocycles. The summed E-state index contributed by atoms with van der Waals surface area (Å²) >= 11 is 0. The van der Waals surface area contributed by atoms with Crippen molar-refractivity contribution in [1.82, 2.24) is 4.90 Å². The Morgan fingerprint density at radius 2 is 1.50 bits per heavy atom. The molecule has 5 nitrogen and oxygen atoms in total. The van der Waals surface area contributed by atoms with Crippen molar-refractivity contribution in [2.24, 2.45) is 11.8 Å². The standard InChI is InChI=1S/C31H32F7NO4S/c1-19(40)21-7-9-22(10-8-21)27(41)39-16-15-28(44(42,43)18-20-5-3-2-4-6-20)25-13-12-24(17-23(25)11-14-26(28)39)29(32,30(33,34)35)31(36,37)38/h2-6,12-13,17,21-22,26,40H,1,7-11,14-16,18H2. The molecule has 2 fully saturated rings. The number of nitrogens with zero attached hydrogens (tertiary/aromatic N) is 1. The van der Waals surface area contributed by atoms with E-state index in [2.05, 4.69) is 6.58 Å². The van der Waals surface area contributed by atoms with Crippen LogP contribution in [-0.4, -0.2) is 49.3 Å². The van der Waals surface area contributed by atoms with Crippen LogP contribution in [0.4, 0.5) is 30.7 Å². The topological polar surface area (TPSA) is 74.7 Å². The first-order valence-corrected chi connectivity index (χ1v) is 16.0. The van der Waals surface area contributed by atoms with E-state index in [9.17, 15) is 44.7 Å². The average molecular weight is 648 g/mol. The lowest BCUT2D eigenvalue weighted by Crippen LogP contribution is -2.54. The van der Waals surface area contributed by atoms with Crippen LogP contribution in [0.1, 0.15) is 60.8 Å². The van der Waals surface area contributed by atoms with E-state index in [1.54, 1.807) is 30.3 Å². The van der Waals surface area contributed by atoms with E-state index in [1.165, 1.54) is 4.90 Å². The van der Waals surface area contributed by atoms with E-state index in [0.717, 1.165) is 6.07 Å². The maximum Gasteiger partial charge on any atom is 0.435 e. The highest BCUT2D eigenvalue weighted by atomic mass is 32.2. The first-order chi connectivity index (χ1) is 20.4. The molecular formula is C31H32F7NO4S. The van der Waals surface area contributed by atoms with Gasteiger partial charge in [-0.3, -0.25) is 4.79 Å². The van der Waals surface area contributed by atoms with Gasteiger partial charge in [-0.05, 0) is 61.6 Å². The lowest BCUT2D eigenvalue weighted by atomic mass is 9.76. The minimum Gasteiger partial charge on any atom is -0.513 e. The summed E-state index contributed by atoms with van der Waals surface area (Å²) < 4.78 is 123. The van der Waals surface area contributed by atoms with Crippen LogP contribution in [0.2, 0.25) is 0 Å².